The molecule has 2 fully saturated rings. The lowest BCUT2D eigenvalue weighted by atomic mass is 9.88. The van der Waals surface area contributed by atoms with E-state index in [9.17, 15) is 5.11 Å². The van der Waals surface area contributed by atoms with Crippen molar-refractivity contribution in [2.45, 2.75) is 43.9 Å². The highest BCUT2D eigenvalue weighted by Crippen LogP contribution is 2.24. The predicted octanol–water partition coefficient (Wildman–Crippen LogP) is 0.210. The minimum atomic E-state index is -0.0576. The molecule has 1 heterocycles. The molecule has 1 aliphatic carbocycles. The van der Waals surface area contributed by atoms with Crippen molar-refractivity contribution in [3.05, 3.63) is 0 Å². The monoisotopic (exact) mass is 228 g/mol. The number of hydrogen-bond donors (Lipinski definition) is 2. The normalized spacial score (nSPS) is 31.7. The van der Waals surface area contributed by atoms with Crippen LogP contribution in [0.2, 0.25) is 0 Å². The van der Waals surface area contributed by atoms with Crippen LogP contribution in [0.5, 0.6) is 0 Å². The molecular weight excluding hydrogens is 204 g/mol. The van der Waals surface area contributed by atoms with Crippen LogP contribution in [0.25, 0.3) is 0 Å². The molecule has 0 aromatic carbocycles. The summed E-state index contributed by atoms with van der Waals surface area (Å²) in [4.78, 5) is 2.31. The molecule has 0 radical (unpaired) electrons. The Balaban J connectivity index is 1.53. The van der Waals surface area contributed by atoms with Gasteiger partial charge in [-0.3, -0.25) is 0 Å². The molecule has 0 amide bonds. The molecule has 1 saturated carbocycles. The lowest BCUT2D eigenvalue weighted by molar-refractivity contribution is -0.0166. The van der Waals surface area contributed by atoms with Crippen molar-refractivity contribution in [2.75, 3.05) is 33.3 Å². The maximum Gasteiger partial charge on any atom is 0.0600 e. The summed E-state index contributed by atoms with van der Waals surface area (Å²) in [5.41, 5.74) is 0. The average molecular weight is 228 g/mol. The van der Waals surface area contributed by atoms with E-state index in [-0.39, 0.29) is 6.10 Å². The molecule has 0 aromatic heterocycles. The van der Waals surface area contributed by atoms with Gasteiger partial charge in [-0.2, -0.15) is 0 Å². The second-order valence-corrected chi connectivity index (χ2v) is 5.08. The highest BCUT2D eigenvalue weighted by Gasteiger charge is 2.30. The number of piperidine rings is 1. The number of aliphatic hydroxyl groups is 1. The summed E-state index contributed by atoms with van der Waals surface area (Å²) in [7, 11) is 2.13. The topological polar surface area (TPSA) is 44.7 Å². The molecule has 1 saturated heterocycles. The molecule has 94 valence electrons. The number of aliphatic hydroxyl groups excluding tert-OH is 1. The summed E-state index contributed by atoms with van der Waals surface area (Å²) in [5.74, 6) is 0. The summed E-state index contributed by atoms with van der Waals surface area (Å²) in [6, 6.07) is 0.576. The van der Waals surface area contributed by atoms with Crippen LogP contribution in [-0.4, -0.2) is 61.5 Å². The van der Waals surface area contributed by atoms with Crippen LogP contribution in [0, 0.1) is 0 Å². The third kappa shape index (κ3) is 3.42. The number of likely N-dealkylation sites (N-methyl/N-ethyl adjacent to an activating group) is 1. The summed E-state index contributed by atoms with van der Waals surface area (Å²) in [6.07, 6.45) is 4.56. The van der Waals surface area contributed by atoms with Gasteiger partial charge in [-0.15, -0.1) is 0 Å². The first-order valence-electron chi connectivity index (χ1n) is 6.46. The zero-order valence-electron chi connectivity index (χ0n) is 10.2. The van der Waals surface area contributed by atoms with Gasteiger partial charge in [-0.25, -0.2) is 0 Å². The Kier molecular flexibility index (Phi) is 4.58. The van der Waals surface area contributed by atoms with Gasteiger partial charge in [0.15, 0.2) is 0 Å². The molecule has 4 heteroatoms. The van der Waals surface area contributed by atoms with Crippen LogP contribution >= 0.6 is 0 Å². The fourth-order valence-corrected chi connectivity index (χ4v) is 2.43. The first kappa shape index (κ1) is 12.3. The van der Waals surface area contributed by atoms with Gasteiger partial charge in [0.05, 0.1) is 18.8 Å². The van der Waals surface area contributed by atoms with E-state index in [4.69, 9.17) is 4.74 Å². The lowest BCUT2D eigenvalue weighted by Crippen LogP contribution is -2.46. The molecule has 0 unspecified atom stereocenters. The highest BCUT2D eigenvalue weighted by molar-refractivity contribution is 4.85. The molecular formula is C12H24N2O2. The minimum absolute atomic E-state index is 0.0576. The van der Waals surface area contributed by atoms with E-state index in [0.717, 1.165) is 51.9 Å². The Morgan fingerprint density at radius 2 is 2.00 bits per heavy atom. The molecule has 16 heavy (non-hydrogen) atoms. The average Bonchev–Trinajstić information content (AvgIpc) is 2.26. The molecule has 0 spiro atoms. The van der Waals surface area contributed by atoms with Gasteiger partial charge in [-0.1, -0.05) is 0 Å². The van der Waals surface area contributed by atoms with E-state index in [1.165, 1.54) is 0 Å². The second-order valence-electron chi connectivity index (χ2n) is 5.08. The summed E-state index contributed by atoms with van der Waals surface area (Å²) in [6.45, 7) is 4.00. The Hall–Kier alpha value is -0.160. The Bertz CT molecular complexity index is 201. The summed E-state index contributed by atoms with van der Waals surface area (Å²) >= 11 is 0. The van der Waals surface area contributed by atoms with E-state index in [2.05, 4.69) is 17.3 Å². The van der Waals surface area contributed by atoms with E-state index < -0.39 is 0 Å². The fourth-order valence-electron chi connectivity index (χ4n) is 2.43. The maximum absolute atomic E-state index is 9.23. The van der Waals surface area contributed by atoms with Gasteiger partial charge in [0, 0.05) is 12.6 Å². The number of rotatable bonds is 5. The van der Waals surface area contributed by atoms with Crippen molar-refractivity contribution in [3.8, 4) is 0 Å². The number of nitrogens with zero attached hydrogens (tertiary/aromatic N) is 1. The van der Waals surface area contributed by atoms with Crippen LogP contribution in [0.15, 0.2) is 0 Å². The smallest absolute Gasteiger partial charge is 0.0600 e. The molecule has 2 rings (SSSR count). The third-order valence-electron chi connectivity index (χ3n) is 3.80. The fraction of sp³-hybridized carbons (Fsp3) is 1.00. The molecule has 0 atom stereocenters. The molecule has 4 nitrogen and oxygen atoms in total. The molecule has 2 N–H and O–H groups in total. The van der Waals surface area contributed by atoms with Crippen molar-refractivity contribution in [2.24, 2.45) is 0 Å². The zero-order valence-corrected chi connectivity index (χ0v) is 10.2. The maximum atomic E-state index is 9.23. The number of hydrogen-bond acceptors (Lipinski definition) is 4. The van der Waals surface area contributed by atoms with Gasteiger partial charge in [-0.05, 0) is 45.8 Å². The van der Waals surface area contributed by atoms with E-state index in [1.54, 1.807) is 0 Å². The van der Waals surface area contributed by atoms with Gasteiger partial charge in [0.1, 0.15) is 0 Å². The lowest BCUT2D eigenvalue weighted by Gasteiger charge is -2.38. The SMILES string of the molecule is CN(CCOC1CCNCC1)C1CC(O)C1. The van der Waals surface area contributed by atoms with E-state index in [1.807, 2.05) is 0 Å². The summed E-state index contributed by atoms with van der Waals surface area (Å²) in [5, 5.41) is 12.6. The number of ether oxygens (including phenoxy) is 1. The van der Waals surface area contributed by atoms with E-state index >= 15 is 0 Å². The van der Waals surface area contributed by atoms with Crippen LogP contribution in [0.4, 0.5) is 0 Å². The summed E-state index contributed by atoms with van der Waals surface area (Å²) < 4.78 is 5.86. The van der Waals surface area contributed by atoms with Gasteiger partial charge >= 0.3 is 0 Å². The predicted molar refractivity (Wildman–Crippen MR) is 63.5 cm³/mol. The van der Waals surface area contributed by atoms with Gasteiger partial charge in [0.25, 0.3) is 0 Å². The largest absolute Gasteiger partial charge is 0.393 e. The van der Waals surface area contributed by atoms with Crippen molar-refractivity contribution in [3.63, 3.8) is 0 Å². The quantitative estimate of drug-likeness (QED) is 0.706. The van der Waals surface area contributed by atoms with Crippen LogP contribution < -0.4 is 5.32 Å². The second kappa shape index (κ2) is 5.96. The van der Waals surface area contributed by atoms with Crippen molar-refractivity contribution in [1.29, 1.82) is 0 Å². The van der Waals surface area contributed by atoms with Gasteiger partial charge in [0.2, 0.25) is 0 Å². The Morgan fingerprint density at radius 1 is 1.31 bits per heavy atom. The molecule has 2 aliphatic rings. The third-order valence-corrected chi connectivity index (χ3v) is 3.80. The Morgan fingerprint density at radius 3 is 2.62 bits per heavy atom. The van der Waals surface area contributed by atoms with Crippen molar-refractivity contribution in [1.82, 2.24) is 10.2 Å². The van der Waals surface area contributed by atoms with Crippen molar-refractivity contribution < 1.29 is 9.84 Å². The minimum Gasteiger partial charge on any atom is -0.393 e. The van der Waals surface area contributed by atoms with Crippen molar-refractivity contribution >= 4 is 0 Å². The molecule has 0 aromatic rings. The molecule has 0 bridgehead atoms. The standard InChI is InChI=1S/C12H24N2O2/c1-14(10-8-11(15)9-10)6-7-16-12-2-4-13-5-3-12/h10-13,15H,2-9H2,1H3. The highest BCUT2D eigenvalue weighted by atomic mass is 16.5. The Labute approximate surface area is 98.0 Å². The van der Waals surface area contributed by atoms with Crippen LogP contribution in [0.3, 0.4) is 0 Å². The zero-order chi connectivity index (χ0) is 11.4. The first-order chi connectivity index (χ1) is 7.75. The number of nitrogens with one attached hydrogen (secondary N) is 1. The van der Waals surface area contributed by atoms with Crippen LogP contribution in [-0.2, 0) is 4.74 Å². The molecule has 1 aliphatic heterocycles. The first-order valence-corrected chi connectivity index (χ1v) is 6.46. The van der Waals surface area contributed by atoms with Gasteiger partial charge < -0.3 is 20.1 Å². The van der Waals surface area contributed by atoms with E-state index in [0.29, 0.717) is 12.1 Å². The van der Waals surface area contributed by atoms with Crippen LogP contribution in [0.1, 0.15) is 25.7 Å².